The van der Waals surface area contributed by atoms with Crippen molar-refractivity contribution in [1.82, 2.24) is 9.62 Å². The third-order valence-electron chi connectivity index (χ3n) is 4.47. The van der Waals surface area contributed by atoms with Crippen LogP contribution in [-0.2, 0) is 19.6 Å². The van der Waals surface area contributed by atoms with Crippen LogP contribution in [0, 0.1) is 0 Å². The number of nitrogens with one attached hydrogen (secondary N) is 1. The van der Waals surface area contributed by atoms with Gasteiger partial charge in [0.15, 0.2) is 0 Å². The molecular weight excluding hydrogens is 360 g/mol. The van der Waals surface area contributed by atoms with Crippen LogP contribution in [0.2, 0.25) is 0 Å². The van der Waals surface area contributed by atoms with Crippen LogP contribution in [0.1, 0.15) is 37.0 Å². The van der Waals surface area contributed by atoms with Gasteiger partial charge >= 0.3 is 5.97 Å². The number of benzene rings is 1. The summed E-state index contributed by atoms with van der Waals surface area (Å²) in [5.41, 5.74) is -0.827. The van der Waals surface area contributed by atoms with Gasteiger partial charge in [0, 0.05) is 25.3 Å². The number of carboxylic acid groups (broad SMARTS) is 1. The third kappa shape index (κ3) is 4.40. The van der Waals surface area contributed by atoms with Gasteiger partial charge in [0.1, 0.15) is 0 Å². The first-order valence-electron chi connectivity index (χ1n) is 8.27. The maximum Gasteiger partial charge on any atom is 0.305 e. The van der Waals surface area contributed by atoms with Gasteiger partial charge in [0.2, 0.25) is 10.0 Å². The number of nitrogens with zero attached hydrogens (tertiary/aromatic N) is 1. The van der Waals surface area contributed by atoms with Crippen LogP contribution < -0.4 is 5.32 Å². The van der Waals surface area contributed by atoms with Gasteiger partial charge in [0.25, 0.3) is 5.91 Å². The predicted octanol–water partition coefficient (Wildman–Crippen LogP) is 1.08. The minimum Gasteiger partial charge on any atom is -0.481 e. The second kappa shape index (κ2) is 7.73. The molecule has 9 heteroatoms. The molecule has 144 valence electrons. The highest BCUT2D eigenvalue weighted by molar-refractivity contribution is 7.89. The van der Waals surface area contributed by atoms with Crippen LogP contribution in [0.3, 0.4) is 0 Å². The van der Waals surface area contributed by atoms with E-state index in [0.29, 0.717) is 13.0 Å². The Morgan fingerprint density at radius 2 is 2.08 bits per heavy atom. The van der Waals surface area contributed by atoms with Crippen LogP contribution in [-0.4, -0.2) is 61.5 Å². The first-order chi connectivity index (χ1) is 12.1. The smallest absolute Gasteiger partial charge is 0.305 e. The summed E-state index contributed by atoms with van der Waals surface area (Å²) >= 11 is 0. The molecule has 0 saturated carbocycles. The SMILES string of the molecule is CC(C)N(C)S(=O)(=O)c1cccc(C(=O)NC2(CC(=O)O)CCOC2)c1. The molecule has 1 aromatic rings. The number of hydrogen-bond donors (Lipinski definition) is 2. The summed E-state index contributed by atoms with van der Waals surface area (Å²) in [4.78, 5) is 23.7. The zero-order valence-corrected chi connectivity index (χ0v) is 15.9. The van der Waals surface area contributed by atoms with Crippen molar-refractivity contribution in [3.63, 3.8) is 0 Å². The molecule has 1 unspecified atom stereocenters. The molecule has 1 fully saturated rings. The number of carboxylic acids is 1. The Kier molecular flexibility index (Phi) is 6.05. The van der Waals surface area contributed by atoms with Gasteiger partial charge in [0.05, 0.1) is 23.5 Å². The Bertz CT molecular complexity index is 784. The Morgan fingerprint density at radius 1 is 1.38 bits per heavy atom. The zero-order chi connectivity index (χ0) is 19.5. The van der Waals surface area contributed by atoms with Crippen LogP contribution in [0.5, 0.6) is 0 Å². The summed E-state index contributed by atoms with van der Waals surface area (Å²) in [7, 11) is -2.24. The Morgan fingerprint density at radius 3 is 2.62 bits per heavy atom. The number of amides is 1. The first kappa shape index (κ1) is 20.3. The predicted molar refractivity (Wildman–Crippen MR) is 94.4 cm³/mol. The van der Waals surface area contributed by atoms with Gasteiger partial charge in [-0.2, -0.15) is 4.31 Å². The summed E-state index contributed by atoms with van der Waals surface area (Å²) in [5.74, 6) is -1.56. The van der Waals surface area contributed by atoms with Crippen molar-refractivity contribution in [2.45, 2.75) is 43.2 Å². The van der Waals surface area contributed by atoms with Crippen molar-refractivity contribution in [2.24, 2.45) is 0 Å². The van der Waals surface area contributed by atoms with Crippen molar-refractivity contribution in [3.05, 3.63) is 29.8 Å². The topological polar surface area (TPSA) is 113 Å². The minimum atomic E-state index is -3.72. The van der Waals surface area contributed by atoms with E-state index in [1.165, 1.54) is 35.6 Å². The average Bonchev–Trinajstić information content (AvgIpc) is 3.01. The minimum absolute atomic E-state index is 0.0105. The maximum absolute atomic E-state index is 12.6. The Labute approximate surface area is 153 Å². The van der Waals surface area contributed by atoms with Crippen LogP contribution in [0.15, 0.2) is 29.2 Å². The lowest BCUT2D eigenvalue weighted by atomic mass is 9.94. The number of aliphatic carboxylic acids is 1. The number of ether oxygens (including phenoxy) is 1. The summed E-state index contributed by atoms with van der Waals surface area (Å²) in [5, 5.41) is 11.8. The van der Waals surface area contributed by atoms with E-state index in [0.717, 1.165) is 0 Å². The van der Waals surface area contributed by atoms with E-state index in [2.05, 4.69) is 5.32 Å². The van der Waals surface area contributed by atoms with Gasteiger partial charge in [-0.1, -0.05) is 6.07 Å². The molecule has 1 aliphatic heterocycles. The molecule has 1 heterocycles. The van der Waals surface area contributed by atoms with Gasteiger partial charge in [-0.05, 0) is 38.5 Å². The molecule has 1 aromatic carbocycles. The Hall–Kier alpha value is -1.97. The van der Waals surface area contributed by atoms with E-state index in [9.17, 15) is 18.0 Å². The summed E-state index contributed by atoms with van der Waals surface area (Å²) < 4.78 is 31.7. The van der Waals surface area contributed by atoms with Crippen LogP contribution in [0.25, 0.3) is 0 Å². The van der Waals surface area contributed by atoms with Crippen molar-refractivity contribution < 1.29 is 27.9 Å². The zero-order valence-electron chi connectivity index (χ0n) is 15.1. The number of rotatable bonds is 7. The first-order valence-corrected chi connectivity index (χ1v) is 9.71. The number of carbonyl (C=O) groups excluding carboxylic acids is 1. The lowest BCUT2D eigenvalue weighted by molar-refractivity contribution is -0.138. The summed E-state index contributed by atoms with van der Waals surface area (Å²) in [6.45, 7) is 3.98. The highest BCUT2D eigenvalue weighted by Crippen LogP contribution is 2.24. The highest BCUT2D eigenvalue weighted by Gasteiger charge is 2.39. The maximum atomic E-state index is 12.6. The molecule has 2 rings (SSSR count). The Balaban J connectivity index is 2.27. The van der Waals surface area contributed by atoms with E-state index in [1.54, 1.807) is 13.8 Å². The van der Waals surface area contributed by atoms with E-state index >= 15 is 0 Å². The molecule has 26 heavy (non-hydrogen) atoms. The standard InChI is InChI=1S/C17H24N2O6S/c1-12(2)19(3)26(23,24)14-6-4-5-13(9-14)16(22)18-17(10-15(20)21)7-8-25-11-17/h4-6,9,12H,7-8,10-11H2,1-3H3,(H,18,22)(H,20,21). The van der Waals surface area contributed by atoms with E-state index in [-0.39, 0.29) is 29.5 Å². The largest absolute Gasteiger partial charge is 0.481 e. The van der Waals surface area contributed by atoms with Gasteiger partial charge in [-0.25, -0.2) is 8.42 Å². The van der Waals surface area contributed by atoms with Crippen LogP contribution >= 0.6 is 0 Å². The lowest BCUT2D eigenvalue weighted by Gasteiger charge is -2.27. The fraction of sp³-hybridized carbons (Fsp3) is 0.529. The summed E-state index contributed by atoms with van der Waals surface area (Å²) in [6, 6.07) is 5.48. The molecule has 1 saturated heterocycles. The van der Waals surface area contributed by atoms with Gasteiger partial charge < -0.3 is 15.2 Å². The molecule has 0 aromatic heterocycles. The molecular formula is C17H24N2O6S. The molecule has 0 spiro atoms. The molecule has 8 nitrogen and oxygen atoms in total. The third-order valence-corrected chi connectivity index (χ3v) is 6.50. The van der Waals surface area contributed by atoms with E-state index in [1.807, 2.05) is 0 Å². The average molecular weight is 384 g/mol. The monoisotopic (exact) mass is 384 g/mol. The molecule has 1 aliphatic rings. The number of sulfonamides is 1. The second-order valence-electron chi connectivity index (χ2n) is 6.75. The molecule has 2 N–H and O–H groups in total. The molecule has 1 amide bonds. The van der Waals surface area contributed by atoms with Crippen molar-refractivity contribution in [2.75, 3.05) is 20.3 Å². The molecule has 0 aliphatic carbocycles. The molecule has 0 bridgehead atoms. The fourth-order valence-corrected chi connectivity index (χ4v) is 4.15. The fourth-order valence-electron chi connectivity index (χ4n) is 2.73. The molecule has 0 radical (unpaired) electrons. The highest BCUT2D eigenvalue weighted by atomic mass is 32.2. The van der Waals surface area contributed by atoms with E-state index < -0.39 is 27.4 Å². The lowest BCUT2D eigenvalue weighted by Crippen LogP contribution is -2.50. The van der Waals surface area contributed by atoms with Crippen molar-refractivity contribution in [3.8, 4) is 0 Å². The quantitative estimate of drug-likeness (QED) is 0.727. The van der Waals surface area contributed by atoms with Gasteiger partial charge in [-0.3, -0.25) is 9.59 Å². The van der Waals surface area contributed by atoms with Crippen LogP contribution in [0.4, 0.5) is 0 Å². The van der Waals surface area contributed by atoms with Gasteiger partial charge in [-0.15, -0.1) is 0 Å². The number of carbonyl (C=O) groups is 2. The normalized spacial score (nSPS) is 20.5. The van der Waals surface area contributed by atoms with Crippen molar-refractivity contribution in [1.29, 1.82) is 0 Å². The van der Waals surface area contributed by atoms with E-state index in [4.69, 9.17) is 9.84 Å². The summed E-state index contributed by atoms with van der Waals surface area (Å²) in [6.07, 6.45) is 0.131. The van der Waals surface area contributed by atoms with Crippen molar-refractivity contribution >= 4 is 21.9 Å². The second-order valence-corrected chi connectivity index (χ2v) is 8.75. The molecule has 1 atom stereocenters. The number of hydrogen-bond acceptors (Lipinski definition) is 5.